The Morgan fingerprint density at radius 3 is 1.65 bits per heavy atom. The van der Waals surface area contributed by atoms with Crippen molar-refractivity contribution in [2.75, 3.05) is 0 Å². The Hall–Kier alpha value is -5.56. The molecule has 1 aliphatic rings. The minimum Gasteiger partial charge on any atom is -0.265 e. The molecule has 238 valence electrons. The first-order valence-corrected chi connectivity index (χ1v) is 21.6. The highest BCUT2D eigenvalue weighted by Gasteiger charge is 2.43. The second-order valence-electron chi connectivity index (χ2n) is 13.5. The van der Waals surface area contributed by atoms with Crippen molar-refractivity contribution in [1.82, 2.24) is 0 Å². The van der Waals surface area contributed by atoms with Crippen LogP contribution >= 0.6 is 7.05 Å². The van der Waals surface area contributed by atoms with Crippen molar-refractivity contribution in [3.8, 4) is 12.1 Å². The fraction of sp³-hybridized carbons (Fsp3) is 0.195. The van der Waals surface area contributed by atoms with Gasteiger partial charge in [0.1, 0.15) is 0 Å². The summed E-state index contributed by atoms with van der Waals surface area (Å²) in [4.78, 5) is 11.3. The average Bonchev–Trinajstić information content (AvgIpc) is 3.64. The molecule has 49 heavy (non-hydrogen) atoms. The molecule has 0 saturated heterocycles. The molecule has 2 atom stereocenters. The molecule has 2 unspecified atom stereocenters. The SMILES string of the molecule is [C-]#[N+]/C(C#N)=c1\c2cc(N=P(c3ccccc3)(c3ccccc3)C3CCC([Si](C)(C)C)C3)ccc2/c(=C(/C#N)[N+]#[C-])c2cc(N=C)ccc12. The second kappa shape index (κ2) is 13.5. The fourth-order valence-electron chi connectivity index (χ4n) is 7.49. The average molecular weight is 671 g/mol. The third kappa shape index (κ3) is 5.90. The van der Waals surface area contributed by atoms with Gasteiger partial charge in [-0.1, -0.05) is 98.9 Å². The van der Waals surface area contributed by atoms with E-state index in [9.17, 15) is 10.5 Å². The lowest BCUT2D eigenvalue weighted by Gasteiger charge is -2.33. The van der Waals surface area contributed by atoms with E-state index in [-0.39, 0.29) is 11.4 Å². The number of nitrogens with zero attached hydrogens (tertiary/aromatic N) is 6. The summed E-state index contributed by atoms with van der Waals surface area (Å²) in [6.07, 6.45) is 3.42. The molecule has 1 saturated carbocycles. The van der Waals surface area contributed by atoms with Crippen LogP contribution in [0.3, 0.4) is 0 Å². The molecular weight excluding hydrogens is 636 g/mol. The molecule has 1 fully saturated rings. The minimum atomic E-state index is -2.42. The van der Waals surface area contributed by atoms with Crippen molar-refractivity contribution in [3.05, 3.63) is 130 Å². The van der Waals surface area contributed by atoms with Gasteiger partial charge in [-0.2, -0.15) is 0 Å². The van der Waals surface area contributed by atoms with Crippen LogP contribution in [0.1, 0.15) is 19.3 Å². The highest BCUT2D eigenvalue weighted by atomic mass is 31.2. The molecule has 0 amide bonds. The summed E-state index contributed by atoms with van der Waals surface area (Å²) in [5, 5.41) is 26.1. The first kappa shape index (κ1) is 33.3. The Kier molecular flexibility index (Phi) is 9.19. The Morgan fingerprint density at radius 1 is 0.735 bits per heavy atom. The second-order valence-corrected chi connectivity index (χ2v) is 22.4. The van der Waals surface area contributed by atoms with Crippen LogP contribution in [0.25, 0.3) is 42.6 Å². The van der Waals surface area contributed by atoms with Gasteiger partial charge in [-0.15, -0.1) is 0 Å². The molecule has 6 rings (SSSR count). The van der Waals surface area contributed by atoms with Gasteiger partial charge in [-0.25, -0.2) is 20.2 Å². The number of benzene rings is 5. The standard InChI is InChI=1S/C41H35N6PSi/c1-44-28-17-21-34-36(23-28)40(38(26-42)45-2)35-22-18-29(24-37(35)41(34)39(27-43)46-3)47-48(30-13-9-7-10-14-30,31-15-11-8-12-16-31)32-19-20-33(25-32)49(4,5)6/h7-18,21-24,32-33H,1,19-20,25H2,4-6H3/b40-38+,41-39-. The van der Waals surface area contributed by atoms with E-state index >= 15 is 0 Å². The zero-order valence-corrected chi connectivity index (χ0v) is 29.7. The van der Waals surface area contributed by atoms with Crippen LogP contribution in [0.15, 0.2) is 107 Å². The maximum atomic E-state index is 10.2. The zero-order valence-electron chi connectivity index (χ0n) is 27.9. The van der Waals surface area contributed by atoms with Crippen molar-refractivity contribution in [2.45, 2.75) is 50.1 Å². The molecule has 6 nitrogen and oxygen atoms in total. The van der Waals surface area contributed by atoms with E-state index in [0.717, 1.165) is 18.5 Å². The van der Waals surface area contributed by atoms with Crippen LogP contribution in [-0.2, 0) is 0 Å². The Bertz CT molecular complexity index is 2410. The van der Waals surface area contributed by atoms with E-state index in [1.165, 1.54) is 17.0 Å². The van der Waals surface area contributed by atoms with Crippen molar-refractivity contribution >= 4 is 76.8 Å². The van der Waals surface area contributed by atoms with Crippen molar-refractivity contribution < 1.29 is 0 Å². The zero-order chi connectivity index (χ0) is 34.8. The van der Waals surface area contributed by atoms with E-state index in [4.69, 9.17) is 17.9 Å². The minimum absolute atomic E-state index is 0.0692. The Labute approximate surface area is 288 Å². The third-order valence-electron chi connectivity index (χ3n) is 9.91. The Morgan fingerprint density at radius 2 is 1.22 bits per heavy atom. The molecule has 0 heterocycles. The van der Waals surface area contributed by atoms with Gasteiger partial charge in [0, 0.05) is 31.2 Å². The summed E-state index contributed by atoms with van der Waals surface area (Å²) >= 11 is 0. The monoisotopic (exact) mass is 670 g/mol. The molecule has 0 radical (unpaired) electrons. The molecule has 0 aromatic heterocycles. The smallest absolute Gasteiger partial charge is 0.265 e. The predicted octanol–water partition coefficient (Wildman–Crippen LogP) is 9.17. The number of hydrogen-bond acceptors (Lipinski definition) is 4. The van der Waals surface area contributed by atoms with Gasteiger partial charge in [-0.05, 0) is 81.5 Å². The maximum Gasteiger partial charge on any atom is 0.270 e. The maximum absolute atomic E-state index is 10.2. The van der Waals surface area contributed by atoms with Gasteiger partial charge in [0.25, 0.3) is 11.4 Å². The molecule has 1 aliphatic carbocycles. The summed E-state index contributed by atoms with van der Waals surface area (Å²) in [6, 6.07) is 36.7. The molecule has 0 spiro atoms. The Balaban J connectivity index is 1.81. The number of rotatable bonds is 6. The van der Waals surface area contributed by atoms with Crippen molar-refractivity contribution in [2.24, 2.45) is 9.74 Å². The lowest BCUT2D eigenvalue weighted by molar-refractivity contribution is 0.840. The predicted molar refractivity (Wildman–Crippen MR) is 207 cm³/mol. The number of fused-ring (bicyclic) bond motifs is 2. The van der Waals surface area contributed by atoms with E-state index in [0.29, 0.717) is 48.9 Å². The fourth-order valence-corrected chi connectivity index (χ4v) is 14.1. The summed E-state index contributed by atoms with van der Waals surface area (Å²) < 4.78 is 5.85. The quantitative estimate of drug-likeness (QED) is 0.0594. The van der Waals surface area contributed by atoms with E-state index in [2.05, 4.69) is 114 Å². The third-order valence-corrected chi connectivity index (χ3v) is 17.1. The highest BCUT2D eigenvalue weighted by molar-refractivity contribution is 7.81. The van der Waals surface area contributed by atoms with Crippen LogP contribution in [-0.4, -0.2) is 20.5 Å². The molecule has 5 aromatic rings. The topological polar surface area (TPSA) is 81.0 Å². The molecule has 5 aromatic carbocycles. The first-order valence-electron chi connectivity index (χ1n) is 16.2. The van der Waals surface area contributed by atoms with E-state index in [1.54, 1.807) is 18.2 Å². The summed E-state index contributed by atoms with van der Waals surface area (Å²) in [6.45, 7) is 26.9. The molecule has 0 aliphatic heterocycles. The molecular formula is C41H35N6PSi. The van der Waals surface area contributed by atoms with Crippen LogP contribution in [0.2, 0.25) is 25.2 Å². The van der Waals surface area contributed by atoms with Crippen LogP contribution in [0, 0.1) is 35.8 Å². The number of nitriles is 2. The van der Waals surface area contributed by atoms with Crippen LogP contribution in [0.4, 0.5) is 11.4 Å². The van der Waals surface area contributed by atoms with Gasteiger partial charge in [-0.3, -0.25) is 9.74 Å². The molecule has 0 bridgehead atoms. The van der Waals surface area contributed by atoms with E-state index in [1.807, 2.05) is 18.2 Å². The normalized spacial score (nSPS) is 17.3. The van der Waals surface area contributed by atoms with Crippen molar-refractivity contribution in [3.63, 3.8) is 0 Å². The van der Waals surface area contributed by atoms with Crippen LogP contribution < -0.4 is 21.0 Å². The summed E-state index contributed by atoms with van der Waals surface area (Å²) in [5.74, 6) is 0. The summed E-state index contributed by atoms with van der Waals surface area (Å²) in [5.41, 5.74) is 2.21. The van der Waals surface area contributed by atoms with Gasteiger partial charge in [0.2, 0.25) is 0 Å². The van der Waals surface area contributed by atoms with E-state index < -0.39 is 15.1 Å². The highest BCUT2D eigenvalue weighted by Crippen LogP contribution is 2.62. The van der Waals surface area contributed by atoms with Crippen LogP contribution in [0.5, 0.6) is 0 Å². The lowest BCUT2D eigenvalue weighted by atomic mass is 9.95. The lowest BCUT2D eigenvalue weighted by Crippen LogP contribution is -2.28. The van der Waals surface area contributed by atoms with Gasteiger partial charge >= 0.3 is 0 Å². The number of hydrogen-bond donors (Lipinski definition) is 0. The van der Waals surface area contributed by atoms with Gasteiger partial charge in [0.15, 0.2) is 0 Å². The molecule has 0 N–H and O–H groups in total. The number of aliphatic imine (C=N–C) groups is 1. The van der Waals surface area contributed by atoms with Gasteiger partial charge in [0.05, 0.1) is 36.7 Å². The molecule has 8 heteroatoms. The summed E-state index contributed by atoms with van der Waals surface area (Å²) in [7, 11) is -3.83. The van der Waals surface area contributed by atoms with Gasteiger partial charge < -0.3 is 0 Å². The first-order chi connectivity index (χ1) is 23.7. The van der Waals surface area contributed by atoms with Crippen molar-refractivity contribution in [1.29, 1.82) is 10.5 Å². The largest absolute Gasteiger partial charge is 0.270 e.